The van der Waals surface area contributed by atoms with E-state index in [1.54, 1.807) is 4.68 Å². The predicted molar refractivity (Wildman–Crippen MR) is 99.7 cm³/mol. The minimum Gasteiger partial charge on any atom is -0.354 e. The van der Waals surface area contributed by atoms with Crippen LogP contribution in [-0.2, 0) is 4.79 Å². The molecule has 0 bridgehead atoms. The zero-order chi connectivity index (χ0) is 18.8. The first kappa shape index (κ1) is 18.8. The first-order valence-electron chi connectivity index (χ1n) is 9.50. The van der Waals surface area contributed by atoms with E-state index in [1.165, 1.54) is 5.01 Å². The molecular weight excluding hydrogens is 332 g/mol. The molecule has 144 valence electrons. The molecule has 0 unspecified atom stereocenters. The number of rotatable bonds is 5. The summed E-state index contributed by atoms with van der Waals surface area (Å²) in [4.78, 5) is 12.4. The van der Waals surface area contributed by atoms with Gasteiger partial charge in [-0.15, -0.1) is 0 Å². The van der Waals surface area contributed by atoms with Crippen molar-refractivity contribution in [2.75, 3.05) is 19.6 Å². The Morgan fingerprint density at radius 3 is 2.77 bits per heavy atom. The van der Waals surface area contributed by atoms with Crippen LogP contribution in [-0.4, -0.2) is 57.2 Å². The van der Waals surface area contributed by atoms with E-state index < -0.39 is 6.35 Å². The van der Waals surface area contributed by atoms with Crippen molar-refractivity contribution in [3.05, 3.63) is 17.5 Å². The normalized spacial score (nSPS) is 23.2. The summed E-state index contributed by atoms with van der Waals surface area (Å²) in [5.74, 6) is 0.277. The summed E-state index contributed by atoms with van der Waals surface area (Å²) >= 11 is 0. The highest BCUT2D eigenvalue weighted by Crippen LogP contribution is 2.26. The van der Waals surface area contributed by atoms with Crippen LogP contribution in [0, 0.1) is 5.92 Å². The summed E-state index contributed by atoms with van der Waals surface area (Å²) < 4.78 is 1.58. The third-order valence-corrected chi connectivity index (χ3v) is 4.84. The molecule has 3 N–H and O–H groups in total. The van der Waals surface area contributed by atoms with E-state index in [-0.39, 0.29) is 30.3 Å². The minimum atomic E-state index is -1.07. The molecule has 1 aromatic rings. The highest BCUT2D eigenvalue weighted by molar-refractivity contribution is 6.01. The van der Waals surface area contributed by atoms with Crippen LogP contribution >= 0.6 is 0 Å². The SMILES string of the molecule is CC(C)C1=NN(CC(=O)N[C@@H]2CCCNC2)[C@@H](O)n2nc(C(C)C)cc21. The van der Waals surface area contributed by atoms with Crippen molar-refractivity contribution in [1.82, 2.24) is 25.4 Å². The molecule has 0 aromatic carbocycles. The number of hydrogen-bond donors (Lipinski definition) is 3. The molecule has 0 saturated carbocycles. The summed E-state index contributed by atoms with van der Waals surface area (Å²) in [5, 5.41) is 27.5. The van der Waals surface area contributed by atoms with Crippen molar-refractivity contribution in [2.24, 2.45) is 11.0 Å². The van der Waals surface area contributed by atoms with Gasteiger partial charge in [-0.25, -0.2) is 9.69 Å². The first-order chi connectivity index (χ1) is 12.4. The number of hydrazone groups is 1. The fraction of sp³-hybridized carbons (Fsp3) is 0.722. The number of piperidine rings is 1. The molecule has 0 aliphatic carbocycles. The van der Waals surface area contributed by atoms with E-state index in [9.17, 15) is 9.90 Å². The Morgan fingerprint density at radius 1 is 1.38 bits per heavy atom. The van der Waals surface area contributed by atoms with E-state index in [4.69, 9.17) is 0 Å². The van der Waals surface area contributed by atoms with Crippen molar-refractivity contribution in [1.29, 1.82) is 0 Å². The smallest absolute Gasteiger partial charge is 0.243 e. The Kier molecular flexibility index (Phi) is 5.62. The van der Waals surface area contributed by atoms with E-state index in [0.29, 0.717) is 0 Å². The van der Waals surface area contributed by atoms with Crippen LogP contribution in [0.15, 0.2) is 11.2 Å². The standard InChI is InChI=1S/C18H30N6O2/c1-11(2)14-8-15-17(12(3)4)22-23(18(26)24(15)21-14)10-16(25)20-13-6-5-7-19-9-13/h8,11-13,18-19,26H,5-7,9-10H2,1-4H3,(H,20,25)/t13-,18-/m1/s1. The Labute approximate surface area is 154 Å². The summed E-state index contributed by atoms with van der Waals surface area (Å²) in [6.45, 7) is 10.0. The zero-order valence-electron chi connectivity index (χ0n) is 16.1. The van der Waals surface area contributed by atoms with Gasteiger partial charge in [0.05, 0.1) is 17.1 Å². The fourth-order valence-electron chi connectivity index (χ4n) is 3.35. The molecule has 0 radical (unpaired) electrons. The van der Waals surface area contributed by atoms with E-state index in [0.717, 1.165) is 43.0 Å². The van der Waals surface area contributed by atoms with Crippen LogP contribution in [0.3, 0.4) is 0 Å². The van der Waals surface area contributed by atoms with Gasteiger partial charge in [-0.1, -0.05) is 27.7 Å². The molecule has 8 heteroatoms. The third-order valence-electron chi connectivity index (χ3n) is 4.84. The van der Waals surface area contributed by atoms with Crippen LogP contribution in [0.4, 0.5) is 0 Å². The minimum absolute atomic E-state index is 0.00417. The van der Waals surface area contributed by atoms with Gasteiger partial charge in [-0.2, -0.15) is 10.2 Å². The van der Waals surface area contributed by atoms with Crippen molar-refractivity contribution >= 4 is 11.6 Å². The predicted octanol–water partition coefficient (Wildman–Crippen LogP) is 0.999. The largest absolute Gasteiger partial charge is 0.354 e. The van der Waals surface area contributed by atoms with Gasteiger partial charge in [0.2, 0.25) is 12.3 Å². The number of aliphatic hydroxyl groups is 1. The van der Waals surface area contributed by atoms with Gasteiger partial charge < -0.3 is 15.7 Å². The molecule has 1 amide bonds. The molecule has 3 heterocycles. The van der Waals surface area contributed by atoms with Crippen LogP contribution in [0.25, 0.3) is 0 Å². The van der Waals surface area contributed by atoms with Gasteiger partial charge in [0.25, 0.3) is 0 Å². The molecule has 1 saturated heterocycles. The van der Waals surface area contributed by atoms with Gasteiger partial charge in [0, 0.05) is 12.6 Å². The van der Waals surface area contributed by atoms with Crippen LogP contribution in [0.2, 0.25) is 0 Å². The monoisotopic (exact) mass is 362 g/mol. The lowest BCUT2D eigenvalue weighted by Gasteiger charge is -2.32. The Bertz CT molecular complexity index is 675. The van der Waals surface area contributed by atoms with Gasteiger partial charge >= 0.3 is 0 Å². The maximum Gasteiger partial charge on any atom is 0.243 e. The third kappa shape index (κ3) is 3.91. The van der Waals surface area contributed by atoms with Crippen molar-refractivity contribution in [3.63, 3.8) is 0 Å². The molecule has 26 heavy (non-hydrogen) atoms. The number of fused-ring (bicyclic) bond motifs is 1. The highest BCUT2D eigenvalue weighted by Gasteiger charge is 2.31. The van der Waals surface area contributed by atoms with E-state index in [2.05, 4.69) is 48.5 Å². The maximum atomic E-state index is 12.4. The second-order valence-electron chi connectivity index (χ2n) is 7.75. The van der Waals surface area contributed by atoms with Crippen molar-refractivity contribution in [3.8, 4) is 0 Å². The molecule has 3 rings (SSSR count). The molecule has 2 aliphatic rings. The number of carbonyl (C=O) groups is 1. The van der Waals surface area contributed by atoms with Gasteiger partial charge in [0.15, 0.2) is 0 Å². The summed E-state index contributed by atoms with van der Waals surface area (Å²) in [6.07, 6.45) is 0.958. The molecular formula is C18H30N6O2. The molecule has 8 nitrogen and oxygen atoms in total. The Morgan fingerprint density at radius 2 is 2.15 bits per heavy atom. The number of aromatic nitrogens is 2. The number of nitrogens with zero attached hydrogens (tertiary/aromatic N) is 4. The molecule has 2 atom stereocenters. The van der Waals surface area contributed by atoms with Crippen molar-refractivity contribution < 1.29 is 9.90 Å². The summed E-state index contributed by atoms with van der Waals surface area (Å²) in [6, 6.07) is 2.12. The Hall–Kier alpha value is -1.93. The maximum absolute atomic E-state index is 12.4. The quantitative estimate of drug-likeness (QED) is 0.726. The van der Waals surface area contributed by atoms with Gasteiger partial charge in [-0.05, 0) is 37.3 Å². The second kappa shape index (κ2) is 7.75. The lowest BCUT2D eigenvalue weighted by atomic mass is 10.0. The Balaban J connectivity index is 1.76. The van der Waals surface area contributed by atoms with Crippen molar-refractivity contribution in [2.45, 2.75) is 58.8 Å². The average Bonchev–Trinajstić information content (AvgIpc) is 3.04. The first-order valence-corrected chi connectivity index (χ1v) is 9.50. The average molecular weight is 362 g/mol. The lowest BCUT2D eigenvalue weighted by Crippen LogP contribution is -2.49. The number of carbonyl (C=O) groups excluding carboxylic acids is 1. The highest BCUT2D eigenvalue weighted by atomic mass is 16.3. The summed E-state index contributed by atoms with van der Waals surface area (Å²) in [7, 11) is 0. The fourth-order valence-corrected chi connectivity index (χ4v) is 3.35. The van der Waals surface area contributed by atoms with Crippen LogP contribution in [0.5, 0.6) is 0 Å². The van der Waals surface area contributed by atoms with Crippen LogP contribution in [0.1, 0.15) is 64.2 Å². The topological polar surface area (TPSA) is 94.8 Å². The zero-order valence-corrected chi connectivity index (χ0v) is 16.1. The van der Waals surface area contributed by atoms with Crippen LogP contribution < -0.4 is 10.6 Å². The van der Waals surface area contributed by atoms with E-state index >= 15 is 0 Å². The number of amides is 1. The second-order valence-corrected chi connectivity index (χ2v) is 7.75. The molecule has 1 fully saturated rings. The lowest BCUT2D eigenvalue weighted by molar-refractivity contribution is -0.130. The number of nitrogens with one attached hydrogen (secondary N) is 2. The molecule has 2 aliphatic heterocycles. The number of hydrogen-bond acceptors (Lipinski definition) is 6. The molecule has 0 spiro atoms. The van der Waals surface area contributed by atoms with Gasteiger partial charge in [0.1, 0.15) is 6.54 Å². The van der Waals surface area contributed by atoms with Gasteiger partial charge in [-0.3, -0.25) is 4.79 Å². The number of aliphatic hydroxyl groups excluding tert-OH is 1. The molecule has 1 aromatic heterocycles. The van der Waals surface area contributed by atoms with E-state index in [1.807, 2.05) is 6.07 Å². The summed E-state index contributed by atoms with van der Waals surface area (Å²) in [5.41, 5.74) is 2.57.